The number of rotatable bonds is 9. The van der Waals surface area contributed by atoms with Crippen LogP contribution in [-0.4, -0.2) is 29.9 Å². The molecule has 0 radical (unpaired) electrons. The summed E-state index contributed by atoms with van der Waals surface area (Å²) in [5.41, 5.74) is 0. The second kappa shape index (κ2) is 9.89. The number of nitrogens with one attached hydrogen (secondary N) is 2. The van der Waals surface area contributed by atoms with E-state index in [-0.39, 0.29) is 12.5 Å². The molecular weight excluding hydrogens is 308 g/mol. The molecule has 1 aromatic rings. The van der Waals surface area contributed by atoms with E-state index in [4.69, 9.17) is 21.4 Å². The van der Waals surface area contributed by atoms with Gasteiger partial charge in [0.1, 0.15) is 5.75 Å². The van der Waals surface area contributed by atoms with E-state index >= 15 is 0 Å². The third-order valence-corrected chi connectivity index (χ3v) is 3.07. The van der Waals surface area contributed by atoms with E-state index in [0.717, 1.165) is 12.8 Å². The van der Waals surface area contributed by atoms with Gasteiger partial charge in [-0.15, -0.1) is 0 Å². The van der Waals surface area contributed by atoms with Crippen LogP contribution in [0.15, 0.2) is 24.3 Å². The molecule has 0 heterocycles. The zero-order valence-electron chi connectivity index (χ0n) is 12.5. The van der Waals surface area contributed by atoms with E-state index in [9.17, 15) is 9.59 Å². The molecule has 0 aliphatic carbocycles. The largest absolute Gasteiger partial charge is 0.481 e. The van der Waals surface area contributed by atoms with Gasteiger partial charge >= 0.3 is 12.0 Å². The number of carboxylic acids is 1. The predicted molar refractivity (Wildman–Crippen MR) is 84.2 cm³/mol. The summed E-state index contributed by atoms with van der Waals surface area (Å²) < 4.78 is 5.52. The lowest BCUT2D eigenvalue weighted by atomic mass is 10.2. The molecule has 1 rings (SSSR count). The smallest absolute Gasteiger partial charge is 0.317 e. The Kier molecular flexibility index (Phi) is 8.14. The highest BCUT2D eigenvalue weighted by atomic mass is 35.5. The summed E-state index contributed by atoms with van der Waals surface area (Å²) in [5, 5.41) is 14.5. The minimum absolute atomic E-state index is 0.165. The summed E-state index contributed by atoms with van der Waals surface area (Å²) in [4.78, 5) is 22.0. The molecule has 0 fully saturated rings. The van der Waals surface area contributed by atoms with Crippen LogP contribution in [0.25, 0.3) is 0 Å². The number of amides is 2. The number of hydrogen-bond acceptors (Lipinski definition) is 3. The summed E-state index contributed by atoms with van der Waals surface area (Å²) in [6.07, 6.45) is 1.82. The number of unbranched alkanes of at least 4 members (excludes halogenated alkanes) is 2. The predicted octanol–water partition coefficient (Wildman–Crippen LogP) is 3.01. The number of benzene rings is 1. The second-order valence-corrected chi connectivity index (χ2v) is 5.26. The van der Waals surface area contributed by atoms with Crippen molar-refractivity contribution in [2.75, 3.05) is 6.54 Å². The van der Waals surface area contributed by atoms with Gasteiger partial charge in [-0.1, -0.05) is 18.0 Å². The maximum Gasteiger partial charge on any atom is 0.317 e. The van der Waals surface area contributed by atoms with Gasteiger partial charge in [-0.25, -0.2) is 4.79 Å². The highest BCUT2D eigenvalue weighted by molar-refractivity contribution is 6.30. The molecule has 0 aliphatic heterocycles. The van der Waals surface area contributed by atoms with Gasteiger partial charge in [0.05, 0.1) is 0 Å². The Morgan fingerprint density at radius 3 is 2.55 bits per heavy atom. The first-order valence-corrected chi connectivity index (χ1v) is 7.53. The zero-order valence-corrected chi connectivity index (χ0v) is 13.2. The molecule has 0 saturated heterocycles. The van der Waals surface area contributed by atoms with E-state index in [0.29, 0.717) is 23.7 Å². The molecule has 7 heteroatoms. The molecule has 1 atom stereocenters. The third kappa shape index (κ3) is 8.36. The maximum atomic E-state index is 11.6. The molecule has 0 spiro atoms. The Morgan fingerprint density at radius 1 is 1.23 bits per heavy atom. The first-order chi connectivity index (χ1) is 10.5. The lowest BCUT2D eigenvalue weighted by Gasteiger charge is -2.16. The van der Waals surface area contributed by atoms with Gasteiger partial charge in [0.15, 0.2) is 6.23 Å². The molecule has 0 aromatic heterocycles. The van der Waals surface area contributed by atoms with E-state index < -0.39 is 12.2 Å². The van der Waals surface area contributed by atoms with E-state index in [1.54, 1.807) is 31.2 Å². The number of carboxylic acid groups (broad SMARTS) is 1. The maximum absolute atomic E-state index is 11.6. The van der Waals surface area contributed by atoms with Gasteiger partial charge < -0.3 is 20.5 Å². The van der Waals surface area contributed by atoms with Crippen molar-refractivity contribution in [1.82, 2.24) is 10.6 Å². The molecule has 1 unspecified atom stereocenters. The molecule has 3 N–H and O–H groups in total. The van der Waals surface area contributed by atoms with Crippen LogP contribution in [0.2, 0.25) is 5.02 Å². The fourth-order valence-electron chi connectivity index (χ4n) is 1.76. The van der Waals surface area contributed by atoms with Gasteiger partial charge in [0.25, 0.3) is 0 Å². The first kappa shape index (κ1) is 18.1. The fraction of sp³-hybridized carbons (Fsp3) is 0.467. The van der Waals surface area contributed by atoms with Crippen molar-refractivity contribution in [2.24, 2.45) is 0 Å². The van der Waals surface area contributed by atoms with Crippen LogP contribution < -0.4 is 15.4 Å². The van der Waals surface area contributed by atoms with Crippen molar-refractivity contribution in [3.63, 3.8) is 0 Å². The lowest BCUT2D eigenvalue weighted by Crippen LogP contribution is -2.43. The summed E-state index contributed by atoms with van der Waals surface area (Å²) in [7, 11) is 0. The highest BCUT2D eigenvalue weighted by Gasteiger charge is 2.07. The van der Waals surface area contributed by atoms with Gasteiger partial charge in [0.2, 0.25) is 0 Å². The van der Waals surface area contributed by atoms with Crippen molar-refractivity contribution >= 4 is 23.6 Å². The van der Waals surface area contributed by atoms with Gasteiger partial charge in [-0.2, -0.15) is 0 Å². The van der Waals surface area contributed by atoms with Crippen molar-refractivity contribution in [3.05, 3.63) is 29.3 Å². The number of ether oxygens (including phenoxy) is 1. The molecule has 0 saturated carbocycles. The molecule has 0 bridgehead atoms. The Bertz CT molecular complexity index is 479. The number of urea groups is 1. The fourth-order valence-corrected chi connectivity index (χ4v) is 1.89. The average Bonchev–Trinajstić information content (AvgIpc) is 2.44. The van der Waals surface area contributed by atoms with E-state index in [1.165, 1.54) is 0 Å². The van der Waals surface area contributed by atoms with Gasteiger partial charge in [-0.05, 0) is 44.0 Å². The third-order valence-electron chi connectivity index (χ3n) is 2.81. The van der Waals surface area contributed by atoms with Crippen LogP contribution in [-0.2, 0) is 4.79 Å². The van der Waals surface area contributed by atoms with Gasteiger partial charge in [-0.3, -0.25) is 4.79 Å². The average molecular weight is 329 g/mol. The van der Waals surface area contributed by atoms with Crippen LogP contribution >= 0.6 is 11.6 Å². The van der Waals surface area contributed by atoms with Gasteiger partial charge in [0, 0.05) is 18.0 Å². The SMILES string of the molecule is CC(NC(=O)NCCCCCC(=O)O)Oc1ccc(Cl)cc1. The van der Waals surface area contributed by atoms with E-state index in [1.807, 2.05) is 0 Å². The molecule has 122 valence electrons. The molecule has 1 aromatic carbocycles. The summed E-state index contributed by atoms with van der Waals surface area (Å²) in [6.45, 7) is 2.22. The number of halogens is 1. The Balaban J connectivity index is 2.13. The normalized spacial score (nSPS) is 11.5. The van der Waals surface area contributed by atoms with Crippen molar-refractivity contribution in [1.29, 1.82) is 0 Å². The lowest BCUT2D eigenvalue weighted by molar-refractivity contribution is -0.137. The Morgan fingerprint density at radius 2 is 1.91 bits per heavy atom. The Hall–Kier alpha value is -1.95. The van der Waals surface area contributed by atoms with Crippen LogP contribution in [0.3, 0.4) is 0 Å². The minimum Gasteiger partial charge on any atom is -0.481 e. The van der Waals surface area contributed by atoms with Crippen LogP contribution in [0.5, 0.6) is 5.75 Å². The molecular formula is C15H21ClN2O4. The molecule has 6 nitrogen and oxygen atoms in total. The van der Waals surface area contributed by atoms with Crippen LogP contribution in [0.1, 0.15) is 32.6 Å². The number of carbonyl (C=O) groups is 2. The molecule has 22 heavy (non-hydrogen) atoms. The minimum atomic E-state index is -0.793. The quantitative estimate of drug-likeness (QED) is 0.480. The van der Waals surface area contributed by atoms with Crippen molar-refractivity contribution < 1.29 is 19.4 Å². The first-order valence-electron chi connectivity index (χ1n) is 7.16. The Labute approximate surface area is 134 Å². The molecule has 2 amide bonds. The molecule has 0 aliphatic rings. The summed E-state index contributed by atoms with van der Waals surface area (Å²) in [5.74, 6) is -0.176. The number of aliphatic carboxylic acids is 1. The number of carbonyl (C=O) groups excluding carboxylic acids is 1. The summed E-state index contributed by atoms with van der Waals surface area (Å²) >= 11 is 5.78. The highest BCUT2D eigenvalue weighted by Crippen LogP contribution is 2.16. The van der Waals surface area contributed by atoms with Crippen LogP contribution in [0.4, 0.5) is 4.79 Å². The van der Waals surface area contributed by atoms with Crippen molar-refractivity contribution in [3.8, 4) is 5.75 Å². The van der Waals surface area contributed by atoms with Crippen molar-refractivity contribution in [2.45, 2.75) is 38.8 Å². The summed E-state index contributed by atoms with van der Waals surface area (Å²) in [6, 6.07) is 6.54. The zero-order chi connectivity index (χ0) is 16.4. The second-order valence-electron chi connectivity index (χ2n) is 4.82. The standard InChI is InChI=1S/C15H21ClN2O4/c1-11(22-13-8-6-12(16)7-9-13)18-15(21)17-10-4-2-3-5-14(19)20/h6-9,11H,2-5,10H2,1H3,(H,19,20)(H2,17,18,21). The number of hydrogen-bond donors (Lipinski definition) is 3. The monoisotopic (exact) mass is 328 g/mol. The topological polar surface area (TPSA) is 87.7 Å². The van der Waals surface area contributed by atoms with Crippen LogP contribution in [0, 0.1) is 0 Å². The van der Waals surface area contributed by atoms with E-state index in [2.05, 4.69) is 10.6 Å².